The summed E-state index contributed by atoms with van der Waals surface area (Å²) in [6.45, 7) is 3.49. The smallest absolute Gasteiger partial charge is 0.310 e. The van der Waals surface area contributed by atoms with Crippen LogP contribution in [0.3, 0.4) is 0 Å². The van der Waals surface area contributed by atoms with E-state index < -0.39 is 11.4 Å². The largest absolute Gasteiger partial charge is 0.481 e. The van der Waals surface area contributed by atoms with Gasteiger partial charge >= 0.3 is 5.97 Å². The molecule has 6 nitrogen and oxygen atoms in total. The van der Waals surface area contributed by atoms with Gasteiger partial charge in [0.15, 0.2) is 0 Å². The van der Waals surface area contributed by atoms with Gasteiger partial charge in [0.05, 0.1) is 5.41 Å². The van der Waals surface area contributed by atoms with Gasteiger partial charge in [-0.25, -0.2) is 0 Å². The molecule has 0 saturated heterocycles. The number of rotatable bonds is 7. The number of carbonyl (C=O) groups excluding carboxylic acids is 2. The minimum absolute atomic E-state index is 0.0289. The zero-order valence-electron chi connectivity index (χ0n) is 12.2. The SMILES string of the molecule is CC(C)(CNC(=O)CCNC(=O)C1CCCC1)C(=O)O. The Kier molecular flexibility index (Phi) is 5.98. The van der Waals surface area contributed by atoms with E-state index in [-0.39, 0.29) is 30.7 Å². The van der Waals surface area contributed by atoms with E-state index in [2.05, 4.69) is 10.6 Å². The third-order valence-electron chi connectivity index (χ3n) is 3.68. The minimum atomic E-state index is -0.983. The van der Waals surface area contributed by atoms with Crippen LogP contribution in [-0.2, 0) is 14.4 Å². The van der Waals surface area contributed by atoms with Gasteiger partial charge in [-0.3, -0.25) is 14.4 Å². The van der Waals surface area contributed by atoms with Gasteiger partial charge in [-0.15, -0.1) is 0 Å². The Hall–Kier alpha value is -1.59. The standard InChI is InChI=1S/C14H24N2O4/c1-14(2,13(19)20)9-16-11(17)7-8-15-12(18)10-5-3-4-6-10/h10H,3-9H2,1-2H3,(H,15,18)(H,16,17)(H,19,20). The van der Waals surface area contributed by atoms with E-state index in [0.29, 0.717) is 6.54 Å². The van der Waals surface area contributed by atoms with Crippen molar-refractivity contribution in [1.29, 1.82) is 0 Å². The molecule has 1 saturated carbocycles. The monoisotopic (exact) mass is 284 g/mol. The number of carboxylic acids is 1. The van der Waals surface area contributed by atoms with Gasteiger partial charge in [-0.05, 0) is 26.7 Å². The molecule has 3 N–H and O–H groups in total. The Morgan fingerprint density at radius 1 is 1.15 bits per heavy atom. The fraction of sp³-hybridized carbons (Fsp3) is 0.786. The first-order chi connectivity index (χ1) is 9.33. The number of hydrogen-bond acceptors (Lipinski definition) is 3. The van der Waals surface area contributed by atoms with Crippen LogP contribution in [0, 0.1) is 11.3 Å². The van der Waals surface area contributed by atoms with Gasteiger partial charge in [-0.2, -0.15) is 0 Å². The maximum atomic E-state index is 11.7. The summed E-state index contributed by atoms with van der Waals surface area (Å²) in [6.07, 6.45) is 4.25. The molecule has 0 aromatic heterocycles. The summed E-state index contributed by atoms with van der Waals surface area (Å²) in [5.74, 6) is -1.07. The number of hydrogen-bond donors (Lipinski definition) is 3. The van der Waals surface area contributed by atoms with Crippen molar-refractivity contribution >= 4 is 17.8 Å². The molecular formula is C14H24N2O4. The fourth-order valence-corrected chi connectivity index (χ4v) is 2.12. The summed E-state index contributed by atoms with van der Waals surface area (Å²) in [5, 5.41) is 14.3. The second-order valence-electron chi connectivity index (χ2n) is 5.99. The van der Waals surface area contributed by atoms with Crippen molar-refractivity contribution in [2.24, 2.45) is 11.3 Å². The number of carbonyl (C=O) groups is 3. The maximum absolute atomic E-state index is 11.7. The quantitative estimate of drug-likeness (QED) is 0.647. The van der Waals surface area contributed by atoms with Crippen LogP contribution < -0.4 is 10.6 Å². The Labute approximate surface area is 119 Å². The lowest BCUT2D eigenvalue weighted by Crippen LogP contribution is -2.40. The molecule has 1 aliphatic rings. The molecule has 0 spiro atoms. The highest BCUT2D eigenvalue weighted by molar-refractivity contribution is 5.81. The molecule has 6 heteroatoms. The zero-order chi connectivity index (χ0) is 15.2. The van der Waals surface area contributed by atoms with E-state index in [1.54, 1.807) is 13.8 Å². The van der Waals surface area contributed by atoms with Crippen molar-refractivity contribution in [1.82, 2.24) is 10.6 Å². The number of carboxylic acid groups (broad SMARTS) is 1. The molecule has 0 atom stereocenters. The van der Waals surface area contributed by atoms with Gasteiger partial charge < -0.3 is 15.7 Å². The van der Waals surface area contributed by atoms with Crippen LogP contribution in [0.25, 0.3) is 0 Å². The third-order valence-corrected chi connectivity index (χ3v) is 3.68. The number of amides is 2. The molecule has 114 valence electrons. The predicted octanol–water partition coefficient (Wildman–Crippen LogP) is 0.910. The van der Waals surface area contributed by atoms with Crippen LogP contribution in [0.4, 0.5) is 0 Å². The average molecular weight is 284 g/mol. The van der Waals surface area contributed by atoms with Crippen LogP contribution in [-0.4, -0.2) is 36.0 Å². The molecule has 0 aromatic carbocycles. The normalized spacial score (nSPS) is 15.9. The lowest BCUT2D eigenvalue weighted by atomic mass is 9.94. The molecule has 1 rings (SSSR count). The molecule has 1 fully saturated rings. The predicted molar refractivity (Wildman–Crippen MR) is 74.0 cm³/mol. The van der Waals surface area contributed by atoms with Crippen molar-refractivity contribution in [2.75, 3.05) is 13.1 Å². The van der Waals surface area contributed by atoms with Crippen molar-refractivity contribution in [3.63, 3.8) is 0 Å². The van der Waals surface area contributed by atoms with Gasteiger partial charge in [-0.1, -0.05) is 12.8 Å². The van der Waals surface area contributed by atoms with E-state index in [4.69, 9.17) is 5.11 Å². The van der Waals surface area contributed by atoms with Crippen molar-refractivity contribution in [2.45, 2.75) is 46.0 Å². The lowest BCUT2D eigenvalue weighted by Gasteiger charge is -2.19. The number of aliphatic carboxylic acids is 1. The number of nitrogens with one attached hydrogen (secondary N) is 2. The summed E-state index contributed by atoms with van der Waals surface area (Å²) in [7, 11) is 0. The Morgan fingerprint density at radius 2 is 1.75 bits per heavy atom. The first-order valence-electron chi connectivity index (χ1n) is 7.11. The fourth-order valence-electron chi connectivity index (χ4n) is 2.12. The highest BCUT2D eigenvalue weighted by Gasteiger charge is 2.27. The Morgan fingerprint density at radius 3 is 2.30 bits per heavy atom. The first kappa shape index (κ1) is 16.5. The molecule has 0 aliphatic heterocycles. The summed E-state index contributed by atoms with van der Waals surface area (Å²) >= 11 is 0. The lowest BCUT2D eigenvalue weighted by molar-refractivity contribution is -0.146. The van der Waals surface area contributed by atoms with E-state index in [9.17, 15) is 14.4 Å². The second-order valence-corrected chi connectivity index (χ2v) is 5.99. The Balaban J connectivity index is 2.17. The topological polar surface area (TPSA) is 95.5 Å². The summed E-state index contributed by atoms with van der Waals surface area (Å²) in [5.41, 5.74) is -0.983. The van der Waals surface area contributed by atoms with Gasteiger partial charge in [0.2, 0.25) is 11.8 Å². The Bertz CT molecular complexity index is 373. The molecule has 0 bridgehead atoms. The van der Waals surface area contributed by atoms with Crippen molar-refractivity contribution in [3.8, 4) is 0 Å². The molecule has 0 heterocycles. The van der Waals surface area contributed by atoms with E-state index in [1.807, 2.05) is 0 Å². The summed E-state index contributed by atoms with van der Waals surface area (Å²) < 4.78 is 0. The summed E-state index contributed by atoms with van der Waals surface area (Å²) in [6, 6.07) is 0. The molecule has 0 radical (unpaired) electrons. The average Bonchev–Trinajstić information content (AvgIpc) is 2.90. The highest BCUT2D eigenvalue weighted by atomic mass is 16.4. The van der Waals surface area contributed by atoms with E-state index in [1.165, 1.54) is 0 Å². The molecule has 0 unspecified atom stereocenters. The van der Waals surface area contributed by atoms with Crippen LogP contribution in [0.5, 0.6) is 0 Å². The molecule has 2 amide bonds. The highest BCUT2D eigenvalue weighted by Crippen LogP contribution is 2.24. The van der Waals surface area contributed by atoms with Gasteiger partial charge in [0, 0.05) is 25.4 Å². The van der Waals surface area contributed by atoms with Gasteiger partial charge in [0.25, 0.3) is 0 Å². The van der Waals surface area contributed by atoms with E-state index >= 15 is 0 Å². The molecule has 20 heavy (non-hydrogen) atoms. The third kappa shape index (κ3) is 5.19. The van der Waals surface area contributed by atoms with Crippen LogP contribution in [0.15, 0.2) is 0 Å². The zero-order valence-corrected chi connectivity index (χ0v) is 12.2. The van der Waals surface area contributed by atoms with Crippen LogP contribution >= 0.6 is 0 Å². The van der Waals surface area contributed by atoms with Crippen molar-refractivity contribution < 1.29 is 19.5 Å². The second kappa shape index (κ2) is 7.26. The molecule has 0 aromatic rings. The van der Waals surface area contributed by atoms with Crippen molar-refractivity contribution in [3.05, 3.63) is 0 Å². The van der Waals surface area contributed by atoms with Crippen LogP contribution in [0.2, 0.25) is 0 Å². The molecule has 1 aliphatic carbocycles. The summed E-state index contributed by atoms with van der Waals surface area (Å²) in [4.78, 5) is 34.1. The van der Waals surface area contributed by atoms with Crippen LogP contribution in [0.1, 0.15) is 46.0 Å². The van der Waals surface area contributed by atoms with E-state index in [0.717, 1.165) is 25.7 Å². The maximum Gasteiger partial charge on any atom is 0.310 e. The minimum Gasteiger partial charge on any atom is -0.481 e. The molecular weight excluding hydrogens is 260 g/mol. The van der Waals surface area contributed by atoms with Gasteiger partial charge in [0.1, 0.15) is 0 Å². The first-order valence-corrected chi connectivity index (χ1v) is 7.11.